The molecule has 0 aliphatic rings. The van der Waals surface area contributed by atoms with E-state index in [0.29, 0.717) is 0 Å². The molecule has 4 nitrogen and oxygen atoms in total. The molecule has 0 aliphatic heterocycles. The third kappa shape index (κ3) is 2.88. The number of hydrogen-bond donors (Lipinski definition) is 1. The molecule has 16 heavy (non-hydrogen) atoms. The van der Waals surface area contributed by atoms with Gasteiger partial charge in [0.15, 0.2) is 11.6 Å². The van der Waals surface area contributed by atoms with E-state index in [-0.39, 0.29) is 11.4 Å². The summed E-state index contributed by atoms with van der Waals surface area (Å²) < 4.78 is 56.3. The third-order valence-electron chi connectivity index (χ3n) is 1.62. The van der Waals surface area contributed by atoms with Crippen molar-refractivity contribution in [3.8, 4) is 11.6 Å². The second kappa shape index (κ2) is 4.42. The Balaban J connectivity index is 3.11. The molecule has 0 fully saturated rings. The lowest BCUT2D eigenvalue weighted by atomic mass is 10.2. The van der Waals surface area contributed by atoms with Crippen molar-refractivity contribution >= 4 is 5.82 Å². The lowest BCUT2D eigenvalue weighted by Crippen LogP contribution is -2.18. The van der Waals surface area contributed by atoms with E-state index in [4.69, 9.17) is 5.73 Å². The number of nitrogen functional groups attached to an aromatic ring is 1. The van der Waals surface area contributed by atoms with Gasteiger partial charge in [0.05, 0.1) is 7.11 Å². The van der Waals surface area contributed by atoms with Gasteiger partial charge in [-0.05, 0) is 6.07 Å². The highest BCUT2D eigenvalue weighted by Crippen LogP contribution is 2.31. The topological polar surface area (TPSA) is 57.4 Å². The van der Waals surface area contributed by atoms with Crippen molar-refractivity contribution in [2.75, 3.05) is 12.8 Å². The second-order valence-electron chi connectivity index (χ2n) is 2.72. The van der Waals surface area contributed by atoms with Gasteiger partial charge >= 0.3 is 6.36 Å². The normalized spacial score (nSPS) is 11.3. The summed E-state index contributed by atoms with van der Waals surface area (Å²) in [6, 6.07) is 0.800. The van der Waals surface area contributed by atoms with Crippen LogP contribution < -0.4 is 15.2 Å². The van der Waals surface area contributed by atoms with E-state index in [1.54, 1.807) is 0 Å². The standard InChI is InChI=1S/C8H8F4N2O2/c1-15-7-4(3-9)2-5(6(13)14-7)16-8(10,11)12/h2H,3H2,1H3,(H2,13,14). The summed E-state index contributed by atoms with van der Waals surface area (Å²) in [6.07, 6.45) is -4.90. The largest absolute Gasteiger partial charge is 0.573 e. The number of halogens is 4. The average molecular weight is 240 g/mol. The molecule has 1 aromatic rings. The van der Waals surface area contributed by atoms with E-state index in [2.05, 4.69) is 14.5 Å². The van der Waals surface area contributed by atoms with Crippen molar-refractivity contribution < 1.29 is 27.0 Å². The smallest absolute Gasteiger partial charge is 0.481 e. The van der Waals surface area contributed by atoms with Crippen LogP contribution in [0.5, 0.6) is 11.6 Å². The summed E-state index contributed by atoms with van der Waals surface area (Å²) >= 11 is 0. The van der Waals surface area contributed by atoms with Crippen LogP contribution in [0.25, 0.3) is 0 Å². The summed E-state index contributed by atoms with van der Waals surface area (Å²) in [6.45, 7) is -1.04. The van der Waals surface area contributed by atoms with Gasteiger partial charge in [-0.1, -0.05) is 0 Å². The van der Waals surface area contributed by atoms with Gasteiger partial charge in [-0.3, -0.25) is 0 Å². The predicted molar refractivity (Wildman–Crippen MR) is 46.7 cm³/mol. The fourth-order valence-electron chi connectivity index (χ4n) is 1.01. The number of ether oxygens (including phenoxy) is 2. The van der Waals surface area contributed by atoms with Crippen LogP contribution in [0.1, 0.15) is 5.56 Å². The number of pyridine rings is 1. The highest BCUT2D eigenvalue weighted by molar-refractivity contribution is 5.51. The quantitative estimate of drug-likeness (QED) is 0.821. The van der Waals surface area contributed by atoms with Crippen LogP contribution >= 0.6 is 0 Å². The molecule has 0 saturated heterocycles. The zero-order valence-corrected chi connectivity index (χ0v) is 8.14. The SMILES string of the molecule is COc1nc(N)c(OC(F)(F)F)cc1CF. The number of alkyl halides is 4. The number of anilines is 1. The molecule has 0 unspecified atom stereocenters. The van der Waals surface area contributed by atoms with Crippen molar-refractivity contribution in [3.63, 3.8) is 0 Å². The molecule has 2 N–H and O–H groups in total. The molecular weight excluding hydrogens is 232 g/mol. The molecule has 8 heteroatoms. The first-order valence-electron chi connectivity index (χ1n) is 4.02. The number of methoxy groups -OCH3 is 1. The molecule has 1 rings (SSSR count). The second-order valence-corrected chi connectivity index (χ2v) is 2.72. The molecule has 90 valence electrons. The van der Waals surface area contributed by atoms with Gasteiger partial charge in [0.25, 0.3) is 0 Å². The van der Waals surface area contributed by atoms with Gasteiger partial charge in [0, 0.05) is 5.56 Å². The number of nitrogens with zero attached hydrogens (tertiary/aromatic N) is 1. The minimum absolute atomic E-state index is 0.170. The first-order chi connectivity index (χ1) is 7.37. The fourth-order valence-corrected chi connectivity index (χ4v) is 1.01. The molecule has 0 saturated carbocycles. The molecule has 1 aromatic heterocycles. The zero-order chi connectivity index (χ0) is 12.3. The van der Waals surface area contributed by atoms with E-state index in [1.807, 2.05) is 0 Å². The summed E-state index contributed by atoms with van der Waals surface area (Å²) in [4.78, 5) is 3.44. The Hall–Kier alpha value is -1.73. The Bertz CT molecular complexity index is 381. The highest BCUT2D eigenvalue weighted by Gasteiger charge is 2.32. The molecule has 0 aromatic carbocycles. The van der Waals surface area contributed by atoms with E-state index < -0.39 is 24.6 Å². The van der Waals surface area contributed by atoms with Crippen LogP contribution in [0.2, 0.25) is 0 Å². The van der Waals surface area contributed by atoms with Crippen LogP contribution in [0.4, 0.5) is 23.4 Å². The van der Waals surface area contributed by atoms with E-state index in [1.165, 1.54) is 7.11 Å². The predicted octanol–water partition coefficient (Wildman–Crippen LogP) is 2.04. The lowest BCUT2D eigenvalue weighted by molar-refractivity contribution is -0.274. The molecular formula is C8H8F4N2O2. The first kappa shape index (κ1) is 12.3. The monoisotopic (exact) mass is 240 g/mol. The van der Waals surface area contributed by atoms with Crippen LogP contribution in [0.3, 0.4) is 0 Å². The maximum absolute atomic E-state index is 12.4. The Labute approximate surface area is 88.0 Å². The van der Waals surface area contributed by atoms with Crippen molar-refractivity contribution in [2.45, 2.75) is 13.0 Å². The molecule has 0 atom stereocenters. The third-order valence-corrected chi connectivity index (χ3v) is 1.62. The highest BCUT2D eigenvalue weighted by atomic mass is 19.4. The number of nitrogens with two attached hydrogens (primary N) is 1. The van der Waals surface area contributed by atoms with Crippen LogP contribution in [0, 0.1) is 0 Å². The van der Waals surface area contributed by atoms with Gasteiger partial charge in [-0.2, -0.15) is 4.98 Å². The average Bonchev–Trinajstić information content (AvgIpc) is 2.18. The summed E-state index contributed by atoms with van der Waals surface area (Å²) in [5.41, 5.74) is 5.02. The molecule has 1 heterocycles. The Kier molecular flexibility index (Phi) is 3.41. The minimum atomic E-state index is -4.90. The summed E-state index contributed by atoms with van der Waals surface area (Å²) in [7, 11) is 1.20. The maximum atomic E-state index is 12.4. The van der Waals surface area contributed by atoms with Crippen molar-refractivity contribution in [1.29, 1.82) is 0 Å². The Morgan fingerprint density at radius 2 is 2.06 bits per heavy atom. The van der Waals surface area contributed by atoms with Gasteiger partial charge < -0.3 is 15.2 Å². The molecule has 0 amide bonds. The van der Waals surface area contributed by atoms with Gasteiger partial charge in [0.2, 0.25) is 5.88 Å². The molecule has 0 bridgehead atoms. The first-order valence-corrected chi connectivity index (χ1v) is 4.02. The van der Waals surface area contributed by atoms with Crippen LogP contribution in [0.15, 0.2) is 6.07 Å². The Morgan fingerprint density at radius 1 is 1.44 bits per heavy atom. The van der Waals surface area contributed by atoms with Crippen LogP contribution in [-0.2, 0) is 6.67 Å². The lowest BCUT2D eigenvalue weighted by Gasteiger charge is -2.12. The van der Waals surface area contributed by atoms with E-state index in [9.17, 15) is 17.6 Å². The molecule has 0 radical (unpaired) electrons. The van der Waals surface area contributed by atoms with Gasteiger partial charge in [-0.15, -0.1) is 13.2 Å². The Morgan fingerprint density at radius 3 is 2.50 bits per heavy atom. The minimum Gasteiger partial charge on any atom is -0.481 e. The van der Waals surface area contributed by atoms with E-state index in [0.717, 1.165) is 6.07 Å². The summed E-state index contributed by atoms with van der Waals surface area (Å²) in [5.74, 6) is -1.44. The number of aromatic nitrogens is 1. The van der Waals surface area contributed by atoms with Crippen molar-refractivity contribution in [2.24, 2.45) is 0 Å². The van der Waals surface area contributed by atoms with Crippen molar-refractivity contribution in [3.05, 3.63) is 11.6 Å². The van der Waals surface area contributed by atoms with Crippen molar-refractivity contribution in [1.82, 2.24) is 4.98 Å². The molecule has 0 spiro atoms. The summed E-state index contributed by atoms with van der Waals surface area (Å²) in [5, 5.41) is 0. The molecule has 0 aliphatic carbocycles. The van der Waals surface area contributed by atoms with Gasteiger partial charge in [0.1, 0.15) is 6.67 Å². The van der Waals surface area contributed by atoms with Gasteiger partial charge in [-0.25, -0.2) is 4.39 Å². The fraction of sp³-hybridized carbons (Fsp3) is 0.375. The van der Waals surface area contributed by atoms with Crippen LogP contribution in [-0.4, -0.2) is 18.5 Å². The maximum Gasteiger partial charge on any atom is 0.573 e. The van der Waals surface area contributed by atoms with E-state index >= 15 is 0 Å². The number of rotatable bonds is 3. The number of hydrogen-bond acceptors (Lipinski definition) is 4. The zero-order valence-electron chi connectivity index (χ0n) is 8.14.